The number of hydrogen-bond donors (Lipinski definition) is 1. The molecule has 0 unspecified atom stereocenters. The van der Waals surface area contributed by atoms with E-state index in [0.29, 0.717) is 11.7 Å². The summed E-state index contributed by atoms with van der Waals surface area (Å²) in [4.78, 5) is 14.8. The second-order valence-corrected chi connectivity index (χ2v) is 7.32. The van der Waals surface area contributed by atoms with Gasteiger partial charge in [0, 0.05) is 44.5 Å². The van der Waals surface area contributed by atoms with Crippen LogP contribution in [-0.2, 0) is 26.7 Å². The van der Waals surface area contributed by atoms with Crippen molar-refractivity contribution in [2.45, 2.75) is 58.3 Å². The van der Waals surface area contributed by atoms with E-state index in [2.05, 4.69) is 33.5 Å². The van der Waals surface area contributed by atoms with Crippen LogP contribution in [0.5, 0.6) is 0 Å². The number of aryl methyl sites for hydroxylation is 2. The fourth-order valence-electron chi connectivity index (χ4n) is 3.94. The van der Waals surface area contributed by atoms with E-state index in [1.165, 1.54) is 18.4 Å². The average Bonchev–Trinajstić information content (AvgIpc) is 3.28. The summed E-state index contributed by atoms with van der Waals surface area (Å²) in [6, 6.07) is 2.28. The molecule has 1 aliphatic carbocycles. The Kier molecular flexibility index (Phi) is 4.33. The highest BCUT2D eigenvalue weighted by atomic mass is 16.2. The number of amides is 1. The number of rotatable bonds is 4. The zero-order valence-corrected chi connectivity index (χ0v) is 15.0. The monoisotopic (exact) mass is 342 g/mol. The van der Waals surface area contributed by atoms with Gasteiger partial charge in [0.1, 0.15) is 0 Å². The largest absolute Gasteiger partial charge is 0.348 e. The lowest BCUT2D eigenvalue weighted by Crippen LogP contribution is -2.34. The number of carbonyl (C=O) groups excluding carboxylic acids is 1. The van der Waals surface area contributed by atoms with E-state index < -0.39 is 0 Å². The molecule has 0 saturated heterocycles. The first-order chi connectivity index (χ1) is 12.1. The minimum Gasteiger partial charge on any atom is -0.348 e. The van der Waals surface area contributed by atoms with Gasteiger partial charge in [-0.25, -0.2) is 0 Å². The lowest BCUT2D eigenvalue weighted by atomic mass is 10.2. The SMILES string of the molecule is Cc1nn(C)cc1CN1CCn2nc(C(=O)NC3CCCC3)cc2C1. The molecule has 1 saturated carbocycles. The van der Waals surface area contributed by atoms with Crippen molar-refractivity contribution in [2.24, 2.45) is 7.05 Å². The first-order valence-corrected chi connectivity index (χ1v) is 9.17. The highest BCUT2D eigenvalue weighted by molar-refractivity contribution is 5.92. The molecule has 0 bridgehead atoms. The zero-order valence-electron chi connectivity index (χ0n) is 15.0. The fraction of sp³-hybridized carbons (Fsp3) is 0.611. The summed E-state index contributed by atoms with van der Waals surface area (Å²) in [5, 5.41) is 12.1. The van der Waals surface area contributed by atoms with Gasteiger partial charge in [-0.1, -0.05) is 12.8 Å². The summed E-state index contributed by atoms with van der Waals surface area (Å²) in [6.45, 7) is 5.51. The number of aromatic nitrogens is 4. The van der Waals surface area contributed by atoms with Crippen LogP contribution >= 0.6 is 0 Å². The maximum atomic E-state index is 12.4. The van der Waals surface area contributed by atoms with E-state index in [1.807, 2.05) is 22.5 Å². The van der Waals surface area contributed by atoms with Crippen LogP contribution in [0.3, 0.4) is 0 Å². The molecule has 2 aliphatic rings. The molecule has 134 valence electrons. The number of carbonyl (C=O) groups is 1. The molecule has 1 aliphatic heterocycles. The molecule has 0 aromatic carbocycles. The molecule has 2 aromatic rings. The number of fused-ring (bicyclic) bond motifs is 1. The topological polar surface area (TPSA) is 68.0 Å². The van der Waals surface area contributed by atoms with Crippen LogP contribution in [0.1, 0.15) is 53.1 Å². The fourth-order valence-corrected chi connectivity index (χ4v) is 3.94. The summed E-state index contributed by atoms with van der Waals surface area (Å²) in [5.41, 5.74) is 4.01. The first kappa shape index (κ1) is 16.3. The molecule has 3 heterocycles. The Bertz CT molecular complexity index is 771. The summed E-state index contributed by atoms with van der Waals surface area (Å²) in [5.74, 6) is -0.0246. The summed E-state index contributed by atoms with van der Waals surface area (Å²) < 4.78 is 3.85. The maximum absolute atomic E-state index is 12.4. The standard InChI is InChI=1S/C18H26N6O/c1-13-14(10-22(2)20-13)11-23-7-8-24-16(12-23)9-17(21-24)18(25)19-15-5-3-4-6-15/h9-10,15H,3-8,11-12H2,1-2H3,(H,19,25). The Morgan fingerprint density at radius 3 is 2.80 bits per heavy atom. The third-order valence-electron chi connectivity index (χ3n) is 5.31. The molecule has 4 rings (SSSR count). The van der Waals surface area contributed by atoms with E-state index >= 15 is 0 Å². The zero-order chi connectivity index (χ0) is 17.4. The molecule has 0 atom stereocenters. The Balaban J connectivity index is 1.42. The molecule has 25 heavy (non-hydrogen) atoms. The van der Waals surface area contributed by atoms with Gasteiger partial charge >= 0.3 is 0 Å². The number of nitrogens with zero attached hydrogens (tertiary/aromatic N) is 5. The molecule has 1 N–H and O–H groups in total. The van der Waals surface area contributed by atoms with E-state index in [0.717, 1.165) is 50.4 Å². The second-order valence-electron chi connectivity index (χ2n) is 7.32. The van der Waals surface area contributed by atoms with Gasteiger partial charge in [0.05, 0.1) is 17.9 Å². The van der Waals surface area contributed by atoms with E-state index in [-0.39, 0.29) is 5.91 Å². The predicted molar refractivity (Wildman–Crippen MR) is 94.0 cm³/mol. The quantitative estimate of drug-likeness (QED) is 0.917. The van der Waals surface area contributed by atoms with Crippen molar-refractivity contribution >= 4 is 5.91 Å². The van der Waals surface area contributed by atoms with Gasteiger partial charge in [0.15, 0.2) is 5.69 Å². The lowest BCUT2D eigenvalue weighted by molar-refractivity contribution is 0.0931. The highest BCUT2D eigenvalue weighted by Gasteiger charge is 2.24. The van der Waals surface area contributed by atoms with Crippen LogP contribution in [0, 0.1) is 6.92 Å². The number of nitrogens with one attached hydrogen (secondary N) is 1. The smallest absolute Gasteiger partial charge is 0.272 e. The van der Waals surface area contributed by atoms with Crippen LogP contribution in [-0.4, -0.2) is 43.0 Å². The predicted octanol–water partition coefficient (Wildman–Crippen LogP) is 1.61. The maximum Gasteiger partial charge on any atom is 0.272 e. The van der Waals surface area contributed by atoms with Crippen LogP contribution in [0.25, 0.3) is 0 Å². The van der Waals surface area contributed by atoms with Gasteiger partial charge in [-0.15, -0.1) is 0 Å². The van der Waals surface area contributed by atoms with Gasteiger partial charge in [-0.2, -0.15) is 10.2 Å². The van der Waals surface area contributed by atoms with Gasteiger partial charge in [-0.3, -0.25) is 19.1 Å². The van der Waals surface area contributed by atoms with Crippen LogP contribution in [0.4, 0.5) is 0 Å². The molecule has 2 aromatic heterocycles. The van der Waals surface area contributed by atoms with E-state index in [4.69, 9.17) is 0 Å². The Morgan fingerprint density at radius 2 is 2.08 bits per heavy atom. The molecule has 1 amide bonds. The van der Waals surface area contributed by atoms with Crippen molar-refractivity contribution < 1.29 is 4.79 Å². The number of hydrogen-bond acceptors (Lipinski definition) is 4. The second kappa shape index (κ2) is 6.63. The van der Waals surface area contributed by atoms with E-state index in [1.54, 1.807) is 0 Å². The van der Waals surface area contributed by atoms with Crippen molar-refractivity contribution in [2.75, 3.05) is 6.54 Å². The summed E-state index contributed by atoms with van der Waals surface area (Å²) in [6.07, 6.45) is 6.71. The van der Waals surface area contributed by atoms with Crippen LogP contribution in [0.15, 0.2) is 12.3 Å². The third-order valence-corrected chi connectivity index (χ3v) is 5.31. The Morgan fingerprint density at radius 1 is 1.28 bits per heavy atom. The molecule has 1 fully saturated rings. The summed E-state index contributed by atoms with van der Waals surface area (Å²) in [7, 11) is 1.96. The highest BCUT2D eigenvalue weighted by Crippen LogP contribution is 2.20. The van der Waals surface area contributed by atoms with Crippen molar-refractivity contribution in [3.63, 3.8) is 0 Å². The van der Waals surface area contributed by atoms with Crippen LogP contribution < -0.4 is 5.32 Å². The summed E-state index contributed by atoms with van der Waals surface area (Å²) >= 11 is 0. The van der Waals surface area contributed by atoms with Gasteiger partial charge in [0.2, 0.25) is 0 Å². The van der Waals surface area contributed by atoms with Gasteiger partial charge < -0.3 is 5.32 Å². The Hall–Kier alpha value is -2.15. The molecule has 7 heteroatoms. The van der Waals surface area contributed by atoms with Crippen LogP contribution in [0.2, 0.25) is 0 Å². The third kappa shape index (κ3) is 3.46. The van der Waals surface area contributed by atoms with Crippen molar-refractivity contribution in [1.29, 1.82) is 0 Å². The molecule has 0 spiro atoms. The van der Waals surface area contributed by atoms with Crippen molar-refractivity contribution in [1.82, 2.24) is 29.8 Å². The Labute approximate surface area is 148 Å². The lowest BCUT2D eigenvalue weighted by Gasteiger charge is -2.27. The molecular weight excluding hydrogens is 316 g/mol. The first-order valence-electron chi connectivity index (χ1n) is 9.17. The molecule has 0 radical (unpaired) electrons. The van der Waals surface area contributed by atoms with Crippen molar-refractivity contribution in [3.05, 3.63) is 34.9 Å². The molecular formula is C18H26N6O. The average molecular weight is 342 g/mol. The normalized spacial score (nSPS) is 18.5. The van der Waals surface area contributed by atoms with Gasteiger partial charge in [-0.05, 0) is 25.8 Å². The minimum absolute atomic E-state index is 0.0246. The van der Waals surface area contributed by atoms with Crippen molar-refractivity contribution in [3.8, 4) is 0 Å². The van der Waals surface area contributed by atoms with E-state index in [9.17, 15) is 4.79 Å². The molecule has 7 nitrogen and oxygen atoms in total. The minimum atomic E-state index is -0.0246. The van der Waals surface area contributed by atoms with Gasteiger partial charge in [0.25, 0.3) is 5.91 Å².